The molecule has 2 heterocycles. The SMILES string of the molecule is CC(C)C1CCN(C(CN)c2cc(Cl)c3c(c2)OCO3)C1. The van der Waals surface area contributed by atoms with Gasteiger partial charge >= 0.3 is 0 Å². The minimum absolute atomic E-state index is 0.195. The van der Waals surface area contributed by atoms with Crippen LogP contribution in [0.15, 0.2) is 12.1 Å². The van der Waals surface area contributed by atoms with Crippen molar-refractivity contribution >= 4 is 11.6 Å². The van der Waals surface area contributed by atoms with Gasteiger partial charge in [-0.15, -0.1) is 0 Å². The fourth-order valence-electron chi connectivity index (χ4n) is 3.32. The predicted molar refractivity (Wildman–Crippen MR) is 83.9 cm³/mol. The van der Waals surface area contributed by atoms with Crippen molar-refractivity contribution in [3.05, 3.63) is 22.7 Å². The molecule has 2 atom stereocenters. The fraction of sp³-hybridized carbons (Fsp3) is 0.625. The first-order valence-electron chi connectivity index (χ1n) is 7.63. The molecule has 0 aromatic heterocycles. The predicted octanol–water partition coefficient (Wildman–Crippen LogP) is 3.05. The Morgan fingerprint density at radius 1 is 1.38 bits per heavy atom. The van der Waals surface area contributed by atoms with Crippen LogP contribution in [0.3, 0.4) is 0 Å². The van der Waals surface area contributed by atoms with E-state index in [2.05, 4.69) is 18.7 Å². The Morgan fingerprint density at radius 2 is 2.19 bits per heavy atom. The van der Waals surface area contributed by atoms with Crippen LogP contribution in [-0.2, 0) is 0 Å². The van der Waals surface area contributed by atoms with E-state index in [4.69, 9.17) is 26.8 Å². The van der Waals surface area contributed by atoms with Gasteiger partial charge in [0.25, 0.3) is 0 Å². The zero-order valence-electron chi connectivity index (χ0n) is 12.6. The maximum atomic E-state index is 6.30. The van der Waals surface area contributed by atoms with Crippen molar-refractivity contribution in [1.29, 1.82) is 0 Å². The van der Waals surface area contributed by atoms with E-state index >= 15 is 0 Å². The van der Waals surface area contributed by atoms with Gasteiger partial charge in [-0.1, -0.05) is 25.4 Å². The minimum Gasteiger partial charge on any atom is -0.454 e. The summed E-state index contributed by atoms with van der Waals surface area (Å²) in [6.45, 7) is 7.61. The molecule has 116 valence electrons. The monoisotopic (exact) mass is 310 g/mol. The largest absolute Gasteiger partial charge is 0.454 e. The van der Waals surface area contributed by atoms with Crippen LogP contribution in [0.1, 0.15) is 31.9 Å². The van der Waals surface area contributed by atoms with Gasteiger partial charge in [0.05, 0.1) is 5.02 Å². The third-order valence-corrected chi connectivity index (χ3v) is 4.98. The zero-order valence-corrected chi connectivity index (χ0v) is 13.4. The number of hydrogen-bond donors (Lipinski definition) is 1. The lowest BCUT2D eigenvalue weighted by atomic mass is 9.95. The van der Waals surface area contributed by atoms with Gasteiger partial charge in [-0.2, -0.15) is 0 Å². The molecule has 1 saturated heterocycles. The lowest BCUT2D eigenvalue weighted by molar-refractivity contribution is 0.174. The summed E-state index contributed by atoms with van der Waals surface area (Å²) in [7, 11) is 0. The Bertz CT molecular complexity index is 521. The topological polar surface area (TPSA) is 47.7 Å². The molecule has 4 nitrogen and oxygen atoms in total. The molecule has 1 fully saturated rings. The second kappa shape index (κ2) is 6.03. The minimum atomic E-state index is 0.195. The molecule has 2 unspecified atom stereocenters. The Kier molecular flexibility index (Phi) is 4.29. The maximum absolute atomic E-state index is 6.30. The summed E-state index contributed by atoms with van der Waals surface area (Å²) in [6.07, 6.45) is 1.24. The van der Waals surface area contributed by atoms with Crippen molar-refractivity contribution in [2.75, 3.05) is 26.4 Å². The van der Waals surface area contributed by atoms with E-state index in [1.54, 1.807) is 0 Å². The summed E-state index contributed by atoms with van der Waals surface area (Å²) in [5.41, 5.74) is 7.17. The second-order valence-corrected chi connectivity index (χ2v) is 6.68. The zero-order chi connectivity index (χ0) is 15.0. The van der Waals surface area contributed by atoms with Crippen LogP contribution in [0.25, 0.3) is 0 Å². The summed E-state index contributed by atoms with van der Waals surface area (Å²) < 4.78 is 10.8. The van der Waals surface area contributed by atoms with Crippen molar-refractivity contribution in [2.45, 2.75) is 26.3 Å². The van der Waals surface area contributed by atoms with Crippen LogP contribution < -0.4 is 15.2 Å². The van der Waals surface area contributed by atoms with E-state index < -0.39 is 0 Å². The van der Waals surface area contributed by atoms with Crippen LogP contribution >= 0.6 is 11.6 Å². The molecule has 21 heavy (non-hydrogen) atoms. The average molecular weight is 311 g/mol. The Morgan fingerprint density at radius 3 is 2.86 bits per heavy atom. The quantitative estimate of drug-likeness (QED) is 0.928. The van der Waals surface area contributed by atoms with Crippen molar-refractivity contribution in [1.82, 2.24) is 4.90 Å². The summed E-state index contributed by atoms with van der Waals surface area (Å²) in [5, 5.41) is 0.609. The number of halogens is 1. The van der Waals surface area contributed by atoms with Gasteiger partial charge in [-0.25, -0.2) is 0 Å². The van der Waals surface area contributed by atoms with Crippen LogP contribution in [0, 0.1) is 11.8 Å². The van der Waals surface area contributed by atoms with Crippen molar-refractivity contribution in [3.63, 3.8) is 0 Å². The Labute approximate surface area is 131 Å². The highest BCUT2D eigenvalue weighted by molar-refractivity contribution is 6.32. The van der Waals surface area contributed by atoms with Crippen LogP contribution in [0.5, 0.6) is 11.5 Å². The van der Waals surface area contributed by atoms with Crippen LogP contribution in [0.2, 0.25) is 5.02 Å². The standard InChI is InChI=1S/C16H23ClN2O2/c1-10(2)11-3-4-19(8-11)14(7-18)12-5-13(17)16-15(6-12)20-9-21-16/h5-6,10-11,14H,3-4,7-9,18H2,1-2H3. The molecular weight excluding hydrogens is 288 g/mol. The van der Waals surface area contributed by atoms with Crippen molar-refractivity contribution < 1.29 is 9.47 Å². The number of hydrogen-bond acceptors (Lipinski definition) is 4. The van der Waals surface area contributed by atoms with Crippen molar-refractivity contribution in [3.8, 4) is 11.5 Å². The van der Waals surface area contributed by atoms with Gasteiger partial charge in [0.2, 0.25) is 6.79 Å². The molecule has 0 aliphatic carbocycles. The van der Waals surface area contributed by atoms with Gasteiger partial charge in [-0.05, 0) is 42.5 Å². The highest BCUT2D eigenvalue weighted by atomic mass is 35.5. The normalized spacial score (nSPS) is 23.0. The lowest BCUT2D eigenvalue weighted by Crippen LogP contribution is -2.32. The van der Waals surface area contributed by atoms with Gasteiger partial charge in [0.15, 0.2) is 11.5 Å². The van der Waals surface area contributed by atoms with Crippen molar-refractivity contribution in [2.24, 2.45) is 17.6 Å². The maximum Gasteiger partial charge on any atom is 0.231 e. The van der Waals surface area contributed by atoms with E-state index in [9.17, 15) is 0 Å². The molecule has 1 aromatic rings. The van der Waals surface area contributed by atoms with Gasteiger partial charge in [0.1, 0.15) is 0 Å². The first-order valence-corrected chi connectivity index (χ1v) is 8.01. The summed E-state index contributed by atoms with van der Waals surface area (Å²) >= 11 is 6.30. The molecule has 0 radical (unpaired) electrons. The number of nitrogens with zero attached hydrogens (tertiary/aromatic N) is 1. The first-order chi connectivity index (χ1) is 10.1. The molecule has 0 bridgehead atoms. The summed E-state index contributed by atoms with van der Waals surface area (Å²) in [5.74, 6) is 2.85. The summed E-state index contributed by atoms with van der Waals surface area (Å²) in [4.78, 5) is 2.47. The van der Waals surface area contributed by atoms with Gasteiger partial charge < -0.3 is 15.2 Å². The Hall–Kier alpha value is -0.970. The van der Waals surface area contributed by atoms with E-state index in [1.165, 1.54) is 6.42 Å². The van der Waals surface area contributed by atoms with Crippen LogP contribution in [0.4, 0.5) is 0 Å². The number of likely N-dealkylation sites (tertiary alicyclic amines) is 1. The smallest absolute Gasteiger partial charge is 0.231 e. The van der Waals surface area contributed by atoms with E-state index in [0.717, 1.165) is 30.3 Å². The van der Waals surface area contributed by atoms with Crippen LogP contribution in [-0.4, -0.2) is 31.3 Å². The fourth-order valence-corrected chi connectivity index (χ4v) is 3.59. The third kappa shape index (κ3) is 2.85. The molecule has 2 N–H and O–H groups in total. The second-order valence-electron chi connectivity index (χ2n) is 6.28. The number of nitrogens with two attached hydrogens (primary N) is 1. The molecule has 2 aliphatic heterocycles. The number of fused-ring (bicyclic) bond motifs is 1. The highest BCUT2D eigenvalue weighted by Crippen LogP contribution is 2.42. The number of ether oxygens (including phenoxy) is 2. The summed E-state index contributed by atoms with van der Waals surface area (Å²) in [6, 6.07) is 4.18. The van der Waals surface area contributed by atoms with Gasteiger partial charge in [0, 0.05) is 19.1 Å². The highest BCUT2D eigenvalue weighted by Gasteiger charge is 2.31. The van der Waals surface area contributed by atoms with E-state index in [0.29, 0.717) is 23.2 Å². The van der Waals surface area contributed by atoms with Gasteiger partial charge in [-0.3, -0.25) is 4.90 Å². The molecule has 0 spiro atoms. The average Bonchev–Trinajstić information content (AvgIpc) is 3.08. The first kappa shape index (κ1) is 14.9. The molecule has 1 aromatic carbocycles. The molecule has 3 rings (SSSR count). The third-order valence-electron chi connectivity index (χ3n) is 4.70. The Balaban J connectivity index is 1.83. The number of rotatable bonds is 4. The number of benzene rings is 1. The molecule has 0 amide bonds. The molecular formula is C16H23ClN2O2. The van der Waals surface area contributed by atoms with E-state index in [1.807, 2.05) is 12.1 Å². The molecule has 5 heteroatoms. The molecule has 2 aliphatic rings. The molecule has 0 saturated carbocycles. The lowest BCUT2D eigenvalue weighted by Gasteiger charge is -2.28. The van der Waals surface area contributed by atoms with E-state index in [-0.39, 0.29) is 12.8 Å².